The molecule has 0 radical (unpaired) electrons. The SMILES string of the molecule is O=C(O)C(F)(F)F.O=C(c1cccnc1)N1CCOC2(COCCN(c3cncnc3)C2)C1. The minimum atomic E-state index is -5.08. The number of hydrogen-bond donors (Lipinski definition) is 1. The van der Waals surface area contributed by atoms with Crippen molar-refractivity contribution in [3.05, 3.63) is 48.8 Å². The van der Waals surface area contributed by atoms with Crippen LogP contribution in [0.25, 0.3) is 0 Å². The molecule has 2 saturated heterocycles. The van der Waals surface area contributed by atoms with Gasteiger partial charge in [0.1, 0.15) is 11.9 Å². The Balaban J connectivity index is 0.000000383. The summed E-state index contributed by atoms with van der Waals surface area (Å²) < 4.78 is 43.7. The predicted octanol–water partition coefficient (Wildman–Crippen LogP) is 1.25. The second kappa shape index (κ2) is 10.5. The second-order valence-electron chi connectivity index (χ2n) is 7.37. The van der Waals surface area contributed by atoms with Gasteiger partial charge in [0.25, 0.3) is 5.91 Å². The smallest absolute Gasteiger partial charge is 0.475 e. The highest BCUT2D eigenvalue weighted by Crippen LogP contribution is 2.26. The zero-order valence-electron chi connectivity index (χ0n) is 17.4. The Labute approximate surface area is 187 Å². The summed E-state index contributed by atoms with van der Waals surface area (Å²) in [6.45, 7) is 3.92. The molecule has 2 aliphatic rings. The molecule has 2 aliphatic heterocycles. The van der Waals surface area contributed by atoms with Gasteiger partial charge in [-0.3, -0.25) is 9.78 Å². The first-order valence-corrected chi connectivity index (χ1v) is 9.91. The highest BCUT2D eigenvalue weighted by Gasteiger charge is 2.42. The van der Waals surface area contributed by atoms with Crippen LogP contribution in [0.15, 0.2) is 43.2 Å². The number of carboxylic acid groups (broad SMARTS) is 1. The van der Waals surface area contributed by atoms with Crippen LogP contribution in [0.3, 0.4) is 0 Å². The molecule has 1 unspecified atom stereocenters. The fourth-order valence-electron chi connectivity index (χ4n) is 3.45. The number of ether oxygens (including phenoxy) is 2. The lowest BCUT2D eigenvalue weighted by Gasteiger charge is -2.43. The lowest BCUT2D eigenvalue weighted by atomic mass is 10.0. The Morgan fingerprint density at radius 1 is 1.06 bits per heavy atom. The maximum Gasteiger partial charge on any atom is 0.490 e. The van der Waals surface area contributed by atoms with E-state index in [4.69, 9.17) is 19.4 Å². The minimum Gasteiger partial charge on any atom is -0.475 e. The first kappa shape index (κ1) is 24.3. The van der Waals surface area contributed by atoms with Gasteiger partial charge in [0.2, 0.25) is 0 Å². The highest BCUT2D eigenvalue weighted by molar-refractivity contribution is 5.94. The van der Waals surface area contributed by atoms with E-state index in [1.54, 1.807) is 36.9 Å². The molecule has 4 rings (SSSR count). The third kappa shape index (κ3) is 6.58. The third-order valence-corrected chi connectivity index (χ3v) is 4.95. The van der Waals surface area contributed by atoms with Gasteiger partial charge in [-0.05, 0) is 12.1 Å². The average Bonchev–Trinajstić information content (AvgIpc) is 3.02. The molecule has 178 valence electrons. The molecule has 13 heteroatoms. The molecule has 0 aromatic carbocycles. The van der Waals surface area contributed by atoms with E-state index >= 15 is 0 Å². The first-order valence-electron chi connectivity index (χ1n) is 9.91. The zero-order chi connectivity index (χ0) is 23.9. The molecule has 2 aromatic heterocycles. The summed E-state index contributed by atoms with van der Waals surface area (Å²) in [5.74, 6) is -2.79. The molecule has 0 bridgehead atoms. The van der Waals surface area contributed by atoms with Crippen molar-refractivity contribution < 1.29 is 37.3 Å². The summed E-state index contributed by atoms with van der Waals surface area (Å²) in [6.07, 6.45) is 3.26. The molecule has 4 heterocycles. The van der Waals surface area contributed by atoms with Crippen molar-refractivity contribution in [2.75, 3.05) is 50.9 Å². The molecular weight excluding hydrogens is 447 g/mol. The van der Waals surface area contributed by atoms with E-state index < -0.39 is 17.7 Å². The molecular formula is C20H22F3N5O5. The Bertz CT molecular complexity index is 935. The lowest BCUT2D eigenvalue weighted by molar-refractivity contribution is -0.192. The summed E-state index contributed by atoms with van der Waals surface area (Å²) in [5.41, 5.74) is 0.951. The summed E-state index contributed by atoms with van der Waals surface area (Å²) in [7, 11) is 0. The van der Waals surface area contributed by atoms with E-state index in [0.29, 0.717) is 45.0 Å². The molecule has 1 N–H and O–H groups in total. The van der Waals surface area contributed by atoms with Crippen molar-refractivity contribution in [1.29, 1.82) is 0 Å². The number of rotatable bonds is 2. The van der Waals surface area contributed by atoms with Crippen LogP contribution in [0, 0.1) is 0 Å². The average molecular weight is 469 g/mol. The van der Waals surface area contributed by atoms with Gasteiger partial charge >= 0.3 is 12.1 Å². The van der Waals surface area contributed by atoms with Gasteiger partial charge in [0.05, 0.1) is 56.6 Å². The van der Waals surface area contributed by atoms with Crippen LogP contribution in [0.4, 0.5) is 18.9 Å². The van der Waals surface area contributed by atoms with Crippen molar-refractivity contribution in [3.8, 4) is 0 Å². The number of amides is 1. The second-order valence-corrected chi connectivity index (χ2v) is 7.37. The number of carboxylic acids is 1. The molecule has 2 fully saturated rings. The lowest BCUT2D eigenvalue weighted by Crippen LogP contribution is -2.60. The Kier molecular flexibility index (Phi) is 7.76. The van der Waals surface area contributed by atoms with Gasteiger partial charge in [-0.25, -0.2) is 14.8 Å². The number of aromatic nitrogens is 3. The molecule has 2 aromatic rings. The van der Waals surface area contributed by atoms with E-state index in [0.717, 1.165) is 12.2 Å². The summed E-state index contributed by atoms with van der Waals surface area (Å²) in [6, 6.07) is 3.56. The number of halogens is 3. The number of anilines is 1. The van der Waals surface area contributed by atoms with Crippen molar-refractivity contribution in [1.82, 2.24) is 19.9 Å². The molecule has 1 amide bonds. The number of alkyl halides is 3. The van der Waals surface area contributed by atoms with E-state index in [1.165, 1.54) is 6.33 Å². The Morgan fingerprint density at radius 2 is 1.79 bits per heavy atom. The normalized spacial score (nSPS) is 21.1. The summed E-state index contributed by atoms with van der Waals surface area (Å²) in [5, 5.41) is 7.12. The van der Waals surface area contributed by atoms with Crippen LogP contribution in [-0.4, -0.2) is 94.6 Å². The standard InChI is InChI=1S/C18H21N5O3.C2HF3O2/c24-17(15-2-1-3-19-8-15)23-5-7-26-18(12-23)11-22(4-6-25-13-18)16-9-20-14-21-10-16;3-2(4,5)1(6)7/h1-3,8-10,14H,4-7,11-13H2;(H,6,7). The molecule has 33 heavy (non-hydrogen) atoms. The van der Waals surface area contributed by atoms with Gasteiger partial charge in [0, 0.05) is 25.5 Å². The first-order chi connectivity index (χ1) is 15.7. The van der Waals surface area contributed by atoms with E-state index in [-0.39, 0.29) is 5.91 Å². The van der Waals surface area contributed by atoms with E-state index in [2.05, 4.69) is 19.9 Å². The van der Waals surface area contributed by atoms with Crippen molar-refractivity contribution >= 4 is 17.6 Å². The van der Waals surface area contributed by atoms with E-state index in [9.17, 15) is 18.0 Å². The van der Waals surface area contributed by atoms with Gasteiger partial charge in [0.15, 0.2) is 0 Å². The fourth-order valence-corrected chi connectivity index (χ4v) is 3.45. The number of carbonyl (C=O) groups excluding carboxylic acids is 1. The number of morpholine rings is 1. The minimum absolute atomic E-state index is 0.0281. The zero-order valence-corrected chi connectivity index (χ0v) is 17.4. The van der Waals surface area contributed by atoms with Gasteiger partial charge in [-0.15, -0.1) is 0 Å². The Morgan fingerprint density at radius 3 is 2.42 bits per heavy atom. The fraction of sp³-hybridized carbons (Fsp3) is 0.450. The monoisotopic (exact) mass is 469 g/mol. The van der Waals surface area contributed by atoms with Crippen LogP contribution in [0.5, 0.6) is 0 Å². The molecule has 0 saturated carbocycles. The van der Waals surface area contributed by atoms with Crippen LogP contribution in [0.2, 0.25) is 0 Å². The molecule has 10 nitrogen and oxygen atoms in total. The van der Waals surface area contributed by atoms with Gasteiger partial charge < -0.3 is 24.4 Å². The summed E-state index contributed by atoms with van der Waals surface area (Å²) in [4.78, 5) is 37.9. The number of nitrogens with zero attached hydrogens (tertiary/aromatic N) is 5. The van der Waals surface area contributed by atoms with Crippen LogP contribution >= 0.6 is 0 Å². The predicted molar refractivity (Wildman–Crippen MR) is 108 cm³/mol. The maximum atomic E-state index is 12.8. The summed E-state index contributed by atoms with van der Waals surface area (Å²) >= 11 is 0. The Hall–Kier alpha value is -3.32. The van der Waals surface area contributed by atoms with Crippen LogP contribution in [-0.2, 0) is 14.3 Å². The molecule has 0 aliphatic carbocycles. The number of hydrogen-bond acceptors (Lipinski definition) is 8. The molecule has 1 spiro atoms. The van der Waals surface area contributed by atoms with Gasteiger partial charge in [-0.2, -0.15) is 13.2 Å². The van der Waals surface area contributed by atoms with Crippen LogP contribution < -0.4 is 4.90 Å². The number of aliphatic carboxylic acids is 1. The quantitative estimate of drug-likeness (QED) is 0.693. The van der Waals surface area contributed by atoms with Crippen molar-refractivity contribution in [2.24, 2.45) is 0 Å². The van der Waals surface area contributed by atoms with Gasteiger partial charge in [-0.1, -0.05) is 0 Å². The van der Waals surface area contributed by atoms with Crippen molar-refractivity contribution in [3.63, 3.8) is 0 Å². The van der Waals surface area contributed by atoms with E-state index in [1.807, 2.05) is 4.90 Å². The maximum absolute atomic E-state index is 12.8. The third-order valence-electron chi connectivity index (χ3n) is 4.95. The number of pyridine rings is 1. The largest absolute Gasteiger partial charge is 0.490 e. The topological polar surface area (TPSA) is 118 Å². The highest BCUT2D eigenvalue weighted by atomic mass is 19.4. The number of carbonyl (C=O) groups is 2. The molecule has 1 atom stereocenters. The van der Waals surface area contributed by atoms with Crippen molar-refractivity contribution in [2.45, 2.75) is 11.8 Å². The van der Waals surface area contributed by atoms with Crippen LogP contribution in [0.1, 0.15) is 10.4 Å².